The molecule has 4 rings (SSSR count). The lowest BCUT2D eigenvalue weighted by Gasteiger charge is -2.34. The first-order chi connectivity index (χ1) is 14.2. The number of piperidine rings is 1. The number of aryl methyl sites for hydroxylation is 1. The zero-order valence-electron chi connectivity index (χ0n) is 16.7. The summed E-state index contributed by atoms with van der Waals surface area (Å²) in [7, 11) is 1.63. The van der Waals surface area contributed by atoms with Gasteiger partial charge in [-0.15, -0.1) is 0 Å². The van der Waals surface area contributed by atoms with E-state index in [1.807, 2.05) is 37.4 Å². The number of anilines is 2. The van der Waals surface area contributed by atoms with Gasteiger partial charge in [-0.25, -0.2) is 9.97 Å². The van der Waals surface area contributed by atoms with Gasteiger partial charge >= 0.3 is 0 Å². The average molecular weight is 394 g/mol. The minimum Gasteiger partial charge on any atom is -0.495 e. The van der Waals surface area contributed by atoms with E-state index in [0.29, 0.717) is 0 Å². The molecule has 29 heavy (non-hydrogen) atoms. The van der Waals surface area contributed by atoms with Crippen molar-refractivity contribution in [3.63, 3.8) is 0 Å². The van der Waals surface area contributed by atoms with E-state index in [9.17, 15) is 4.79 Å². The number of methoxy groups -OCH3 is 1. The Morgan fingerprint density at radius 1 is 1.34 bits per heavy atom. The Labute approximate surface area is 169 Å². The van der Waals surface area contributed by atoms with Crippen LogP contribution in [0, 0.1) is 6.92 Å². The number of nitrogens with zero attached hydrogens (tertiary/aromatic N) is 3. The minimum absolute atomic E-state index is 0.0309. The maximum Gasteiger partial charge on any atom is 0.239 e. The number of hydrogen-bond acceptors (Lipinski definition) is 6. The molecule has 1 atom stereocenters. The van der Waals surface area contributed by atoms with Crippen molar-refractivity contribution in [2.75, 3.05) is 37.0 Å². The number of amides is 1. The van der Waals surface area contributed by atoms with Crippen LogP contribution in [0.1, 0.15) is 18.4 Å². The summed E-state index contributed by atoms with van der Waals surface area (Å²) in [6, 6.07) is 7.89. The Kier molecular flexibility index (Phi) is 5.50. The molecular weight excluding hydrogens is 368 g/mol. The van der Waals surface area contributed by atoms with Gasteiger partial charge in [0.25, 0.3) is 0 Å². The first kappa shape index (κ1) is 19.0. The SMILES string of the molecule is COc1cccc(C)c1NCC(=O)N[C@@H]1CCCN(c2ncnc3[nH]ccc23)C1. The van der Waals surface area contributed by atoms with Crippen molar-refractivity contribution in [1.82, 2.24) is 20.3 Å². The van der Waals surface area contributed by atoms with Crippen LogP contribution in [0.3, 0.4) is 0 Å². The molecule has 8 nitrogen and oxygen atoms in total. The molecule has 0 aliphatic carbocycles. The molecule has 0 bridgehead atoms. The van der Waals surface area contributed by atoms with Gasteiger partial charge in [-0.1, -0.05) is 12.1 Å². The average Bonchev–Trinajstić information content (AvgIpc) is 3.22. The molecule has 152 valence electrons. The second kappa shape index (κ2) is 8.38. The highest BCUT2D eigenvalue weighted by Gasteiger charge is 2.24. The molecular formula is C21H26N6O2. The number of nitrogens with one attached hydrogen (secondary N) is 3. The topological polar surface area (TPSA) is 95.2 Å². The van der Waals surface area contributed by atoms with E-state index >= 15 is 0 Å². The monoisotopic (exact) mass is 394 g/mol. The normalized spacial score (nSPS) is 16.6. The van der Waals surface area contributed by atoms with Crippen molar-refractivity contribution in [3.05, 3.63) is 42.4 Å². The van der Waals surface area contributed by atoms with Crippen LogP contribution in [0.5, 0.6) is 5.75 Å². The lowest BCUT2D eigenvalue weighted by molar-refractivity contribution is -0.120. The number of hydrogen-bond donors (Lipinski definition) is 3. The van der Waals surface area contributed by atoms with Gasteiger partial charge in [-0.3, -0.25) is 4.79 Å². The Morgan fingerprint density at radius 2 is 2.24 bits per heavy atom. The summed E-state index contributed by atoms with van der Waals surface area (Å²) in [5, 5.41) is 7.37. The van der Waals surface area contributed by atoms with E-state index in [4.69, 9.17) is 4.74 Å². The summed E-state index contributed by atoms with van der Waals surface area (Å²) in [4.78, 5) is 26.6. The quantitative estimate of drug-likeness (QED) is 0.595. The van der Waals surface area contributed by atoms with E-state index in [0.717, 1.165) is 59.8 Å². The third kappa shape index (κ3) is 4.11. The van der Waals surface area contributed by atoms with Crippen LogP contribution in [0.2, 0.25) is 0 Å². The zero-order chi connectivity index (χ0) is 20.2. The fourth-order valence-electron chi connectivity index (χ4n) is 3.88. The van der Waals surface area contributed by atoms with Gasteiger partial charge in [0.15, 0.2) is 0 Å². The number of carbonyl (C=O) groups is 1. The van der Waals surface area contributed by atoms with Crippen LogP contribution in [-0.2, 0) is 4.79 Å². The van der Waals surface area contributed by atoms with Crippen molar-refractivity contribution in [2.45, 2.75) is 25.8 Å². The molecule has 1 fully saturated rings. The highest BCUT2D eigenvalue weighted by Crippen LogP contribution is 2.27. The molecule has 1 saturated heterocycles. The molecule has 2 aromatic heterocycles. The van der Waals surface area contributed by atoms with Gasteiger partial charge in [-0.2, -0.15) is 0 Å². The Hall–Kier alpha value is -3.29. The summed E-state index contributed by atoms with van der Waals surface area (Å²) >= 11 is 0. The highest BCUT2D eigenvalue weighted by molar-refractivity contribution is 5.87. The molecule has 1 aromatic carbocycles. The maximum atomic E-state index is 12.5. The van der Waals surface area contributed by atoms with Crippen molar-refractivity contribution in [3.8, 4) is 5.75 Å². The third-order valence-electron chi connectivity index (χ3n) is 5.30. The highest BCUT2D eigenvalue weighted by atomic mass is 16.5. The molecule has 0 unspecified atom stereocenters. The Balaban J connectivity index is 1.37. The summed E-state index contributed by atoms with van der Waals surface area (Å²) in [5.74, 6) is 1.62. The van der Waals surface area contributed by atoms with Gasteiger partial charge < -0.3 is 25.3 Å². The number of fused-ring (bicyclic) bond motifs is 1. The lowest BCUT2D eigenvalue weighted by atomic mass is 10.1. The van der Waals surface area contributed by atoms with Gasteiger partial charge in [0, 0.05) is 25.3 Å². The van der Waals surface area contributed by atoms with Crippen molar-refractivity contribution < 1.29 is 9.53 Å². The second-order valence-electron chi connectivity index (χ2n) is 7.30. The number of para-hydroxylation sites is 1. The molecule has 0 spiro atoms. The van der Waals surface area contributed by atoms with Gasteiger partial charge in [-0.05, 0) is 37.5 Å². The first-order valence-electron chi connectivity index (χ1n) is 9.85. The van der Waals surface area contributed by atoms with Crippen LogP contribution >= 0.6 is 0 Å². The number of ether oxygens (including phenoxy) is 1. The van der Waals surface area contributed by atoms with Gasteiger partial charge in [0.1, 0.15) is 23.5 Å². The molecule has 8 heteroatoms. The van der Waals surface area contributed by atoms with Crippen molar-refractivity contribution in [1.29, 1.82) is 0 Å². The molecule has 1 amide bonds. The van der Waals surface area contributed by atoms with E-state index in [2.05, 4.69) is 30.5 Å². The fourth-order valence-corrected chi connectivity index (χ4v) is 3.88. The van der Waals surface area contributed by atoms with Crippen LogP contribution in [0.15, 0.2) is 36.8 Å². The first-order valence-corrected chi connectivity index (χ1v) is 9.85. The largest absolute Gasteiger partial charge is 0.495 e. The predicted molar refractivity (Wildman–Crippen MR) is 113 cm³/mol. The van der Waals surface area contributed by atoms with Crippen LogP contribution in [0.4, 0.5) is 11.5 Å². The predicted octanol–water partition coefficient (Wildman–Crippen LogP) is 2.47. The number of carbonyl (C=O) groups excluding carboxylic acids is 1. The van der Waals surface area contributed by atoms with Gasteiger partial charge in [0.2, 0.25) is 5.91 Å². The number of benzene rings is 1. The van der Waals surface area contributed by atoms with E-state index in [1.165, 1.54) is 0 Å². The van der Waals surface area contributed by atoms with Crippen LogP contribution in [-0.4, -0.2) is 53.6 Å². The zero-order valence-corrected chi connectivity index (χ0v) is 16.7. The molecule has 1 aliphatic heterocycles. The molecule has 1 aliphatic rings. The molecule has 3 aromatic rings. The number of aromatic amines is 1. The third-order valence-corrected chi connectivity index (χ3v) is 5.30. The molecule has 3 heterocycles. The van der Waals surface area contributed by atoms with E-state index in [-0.39, 0.29) is 18.5 Å². The summed E-state index contributed by atoms with van der Waals surface area (Å²) in [5.41, 5.74) is 2.73. The smallest absolute Gasteiger partial charge is 0.239 e. The standard InChI is InChI=1S/C21H26N6O2/c1-14-5-3-7-17(29-2)19(14)23-11-18(28)26-15-6-4-10-27(12-15)21-16-8-9-22-20(16)24-13-25-21/h3,5,7-9,13,15,23H,4,6,10-12H2,1-2H3,(H,26,28)(H,22,24,25)/t15-/m1/s1. The van der Waals surface area contributed by atoms with Gasteiger partial charge in [0.05, 0.1) is 24.7 Å². The summed E-state index contributed by atoms with van der Waals surface area (Å²) in [6.07, 6.45) is 5.41. The van der Waals surface area contributed by atoms with E-state index in [1.54, 1.807) is 13.4 Å². The summed E-state index contributed by atoms with van der Waals surface area (Å²) in [6.45, 7) is 3.84. The van der Waals surface area contributed by atoms with Crippen molar-refractivity contribution >= 4 is 28.4 Å². The Morgan fingerprint density at radius 3 is 3.10 bits per heavy atom. The van der Waals surface area contributed by atoms with Crippen LogP contribution in [0.25, 0.3) is 11.0 Å². The van der Waals surface area contributed by atoms with Crippen molar-refractivity contribution in [2.24, 2.45) is 0 Å². The lowest BCUT2D eigenvalue weighted by Crippen LogP contribution is -2.49. The number of H-pyrrole nitrogens is 1. The number of aromatic nitrogens is 3. The van der Waals surface area contributed by atoms with E-state index < -0.39 is 0 Å². The Bertz CT molecular complexity index is 1000. The second-order valence-corrected chi connectivity index (χ2v) is 7.30. The number of rotatable bonds is 6. The fraction of sp³-hybridized carbons (Fsp3) is 0.381. The molecule has 3 N–H and O–H groups in total. The minimum atomic E-state index is -0.0309. The molecule has 0 saturated carbocycles. The summed E-state index contributed by atoms with van der Waals surface area (Å²) < 4.78 is 5.38. The van der Waals surface area contributed by atoms with Crippen LogP contribution < -0.4 is 20.3 Å². The molecule has 0 radical (unpaired) electrons. The maximum absolute atomic E-state index is 12.5.